The van der Waals surface area contributed by atoms with Crippen molar-refractivity contribution in [2.24, 2.45) is 5.92 Å². The number of carbonyl (C=O) groups is 1. The number of amides is 1. The van der Waals surface area contributed by atoms with E-state index in [1.165, 1.54) is 23.1 Å². The third-order valence-electron chi connectivity index (χ3n) is 3.51. The summed E-state index contributed by atoms with van der Waals surface area (Å²) in [5, 5.41) is 28.6. The number of nitrogens with zero attached hydrogens (tertiary/aromatic N) is 1. The van der Waals surface area contributed by atoms with E-state index in [2.05, 4.69) is 0 Å². The predicted molar refractivity (Wildman–Crippen MR) is 65.5 cm³/mol. The van der Waals surface area contributed by atoms with Gasteiger partial charge in [0.1, 0.15) is 5.60 Å². The number of hydrogen-bond donors (Lipinski definition) is 3. The number of β-amino-alcohol motifs (C(OH)–C–C–N with tert-alkyl or cyclic N) is 1. The number of benzene rings is 1. The molecule has 0 atom stereocenters. The van der Waals surface area contributed by atoms with E-state index in [1.54, 1.807) is 0 Å². The highest BCUT2D eigenvalue weighted by atomic mass is 16.3. The van der Waals surface area contributed by atoms with Gasteiger partial charge in [-0.3, -0.25) is 4.79 Å². The molecule has 0 bridgehead atoms. The van der Waals surface area contributed by atoms with E-state index in [4.69, 9.17) is 0 Å². The summed E-state index contributed by atoms with van der Waals surface area (Å²) in [4.78, 5) is 13.5. The highest BCUT2D eigenvalue weighted by Gasteiger charge is 2.45. The molecule has 1 aliphatic heterocycles. The molecule has 1 aromatic carbocycles. The van der Waals surface area contributed by atoms with E-state index in [0.717, 1.165) is 0 Å². The number of aliphatic hydroxyl groups is 1. The summed E-state index contributed by atoms with van der Waals surface area (Å²) in [6, 6.07) is 3.95. The number of phenolic OH excluding ortho intramolecular Hbond substituents is 2. The van der Waals surface area contributed by atoms with Crippen molar-refractivity contribution >= 4 is 5.91 Å². The number of hydrogen-bond acceptors (Lipinski definition) is 4. The van der Waals surface area contributed by atoms with E-state index >= 15 is 0 Å². The van der Waals surface area contributed by atoms with Crippen LogP contribution in [0.1, 0.15) is 24.2 Å². The van der Waals surface area contributed by atoms with Gasteiger partial charge in [-0.25, -0.2) is 0 Å². The summed E-state index contributed by atoms with van der Waals surface area (Å²) >= 11 is 0. The summed E-state index contributed by atoms with van der Waals surface area (Å²) < 4.78 is 0. The van der Waals surface area contributed by atoms with Gasteiger partial charge in [-0.05, 0) is 24.1 Å². The van der Waals surface area contributed by atoms with Gasteiger partial charge >= 0.3 is 0 Å². The van der Waals surface area contributed by atoms with Crippen molar-refractivity contribution in [2.75, 3.05) is 13.1 Å². The Morgan fingerprint density at radius 2 is 1.89 bits per heavy atom. The fourth-order valence-corrected chi connectivity index (χ4v) is 1.96. The van der Waals surface area contributed by atoms with E-state index in [0.29, 0.717) is 18.7 Å². The summed E-state index contributed by atoms with van der Waals surface area (Å²) in [6.07, 6.45) is 0. The first-order valence-corrected chi connectivity index (χ1v) is 5.87. The fraction of sp³-hybridized carbons (Fsp3) is 0.462. The van der Waals surface area contributed by atoms with E-state index in [9.17, 15) is 20.1 Å². The van der Waals surface area contributed by atoms with Crippen molar-refractivity contribution < 1.29 is 20.1 Å². The third kappa shape index (κ3) is 2.01. The Morgan fingerprint density at radius 1 is 1.28 bits per heavy atom. The summed E-state index contributed by atoms with van der Waals surface area (Å²) in [5.74, 6) is -0.736. The van der Waals surface area contributed by atoms with Gasteiger partial charge in [0.15, 0.2) is 11.5 Å². The lowest BCUT2D eigenvalue weighted by molar-refractivity contribution is -0.110. The maximum Gasteiger partial charge on any atom is 0.254 e. The van der Waals surface area contributed by atoms with Crippen LogP contribution in [0.4, 0.5) is 0 Å². The van der Waals surface area contributed by atoms with Crippen LogP contribution >= 0.6 is 0 Å². The first-order valence-electron chi connectivity index (χ1n) is 5.87. The Labute approximate surface area is 105 Å². The van der Waals surface area contributed by atoms with Crippen LogP contribution in [0.25, 0.3) is 0 Å². The van der Waals surface area contributed by atoms with Gasteiger partial charge in [-0.2, -0.15) is 0 Å². The molecular formula is C13H17NO4. The molecule has 0 radical (unpaired) electrons. The number of aromatic hydroxyl groups is 2. The Kier molecular flexibility index (Phi) is 2.94. The quantitative estimate of drug-likeness (QED) is 0.683. The van der Waals surface area contributed by atoms with E-state index < -0.39 is 5.60 Å². The van der Waals surface area contributed by atoms with Crippen molar-refractivity contribution in [1.29, 1.82) is 0 Å². The smallest absolute Gasteiger partial charge is 0.254 e. The summed E-state index contributed by atoms with van der Waals surface area (Å²) in [6.45, 7) is 4.42. The molecule has 0 unspecified atom stereocenters. The highest BCUT2D eigenvalue weighted by Crippen LogP contribution is 2.31. The van der Waals surface area contributed by atoms with Crippen molar-refractivity contribution in [3.05, 3.63) is 23.8 Å². The van der Waals surface area contributed by atoms with Gasteiger partial charge < -0.3 is 20.2 Å². The molecule has 1 amide bonds. The van der Waals surface area contributed by atoms with Crippen LogP contribution in [0.15, 0.2) is 18.2 Å². The van der Waals surface area contributed by atoms with Crippen molar-refractivity contribution in [3.8, 4) is 11.5 Å². The number of phenols is 2. The highest BCUT2D eigenvalue weighted by molar-refractivity contribution is 5.95. The molecule has 1 aromatic rings. The van der Waals surface area contributed by atoms with Gasteiger partial charge in [-0.1, -0.05) is 13.8 Å². The molecule has 5 heteroatoms. The topological polar surface area (TPSA) is 81.0 Å². The summed E-state index contributed by atoms with van der Waals surface area (Å²) in [7, 11) is 0. The Bertz CT molecular complexity index is 478. The number of likely N-dealkylation sites (tertiary alicyclic amines) is 1. The average Bonchev–Trinajstić information content (AvgIpc) is 2.27. The van der Waals surface area contributed by atoms with Crippen LogP contribution in [-0.4, -0.2) is 44.8 Å². The van der Waals surface area contributed by atoms with Crippen LogP contribution in [0.2, 0.25) is 0 Å². The molecule has 5 nitrogen and oxygen atoms in total. The van der Waals surface area contributed by atoms with Gasteiger partial charge in [0.25, 0.3) is 5.91 Å². The van der Waals surface area contributed by atoms with E-state index in [1.807, 2.05) is 13.8 Å². The van der Waals surface area contributed by atoms with Crippen LogP contribution in [0, 0.1) is 5.92 Å². The lowest BCUT2D eigenvalue weighted by atomic mass is 9.82. The van der Waals surface area contributed by atoms with Crippen molar-refractivity contribution in [2.45, 2.75) is 19.4 Å². The Balaban J connectivity index is 2.08. The minimum atomic E-state index is -0.811. The molecular weight excluding hydrogens is 234 g/mol. The number of rotatable bonds is 2. The zero-order valence-corrected chi connectivity index (χ0v) is 10.4. The van der Waals surface area contributed by atoms with Gasteiger partial charge in [0.05, 0.1) is 13.1 Å². The zero-order chi connectivity index (χ0) is 13.5. The van der Waals surface area contributed by atoms with Crippen molar-refractivity contribution in [3.63, 3.8) is 0 Å². The Morgan fingerprint density at radius 3 is 2.39 bits per heavy atom. The second-order valence-corrected chi connectivity index (χ2v) is 5.12. The molecule has 1 fully saturated rings. The normalized spacial score (nSPS) is 17.7. The lowest BCUT2D eigenvalue weighted by Crippen LogP contribution is -2.65. The average molecular weight is 251 g/mol. The van der Waals surface area contributed by atoms with Crippen LogP contribution in [0.3, 0.4) is 0 Å². The standard InChI is InChI=1S/C13H17NO4/c1-8(2)13(18)6-14(7-13)12(17)9-3-4-10(15)11(16)5-9/h3-5,8,15-16,18H,6-7H2,1-2H3. The van der Waals surface area contributed by atoms with Gasteiger partial charge in [0.2, 0.25) is 0 Å². The molecule has 1 heterocycles. The first-order chi connectivity index (χ1) is 8.33. The second kappa shape index (κ2) is 4.17. The molecule has 0 aromatic heterocycles. The maximum atomic E-state index is 12.0. The van der Waals surface area contributed by atoms with Crippen LogP contribution < -0.4 is 0 Å². The minimum absolute atomic E-state index is 0.0924. The third-order valence-corrected chi connectivity index (χ3v) is 3.51. The zero-order valence-electron chi connectivity index (χ0n) is 10.4. The van der Waals surface area contributed by atoms with Gasteiger partial charge in [-0.15, -0.1) is 0 Å². The van der Waals surface area contributed by atoms with E-state index in [-0.39, 0.29) is 23.3 Å². The number of carbonyl (C=O) groups excluding carboxylic acids is 1. The largest absolute Gasteiger partial charge is 0.504 e. The minimum Gasteiger partial charge on any atom is -0.504 e. The lowest BCUT2D eigenvalue weighted by Gasteiger charge is -2.49. The molecule has 0 spiro atoms. The maximum absolute atomic E-state index is 12.0. The molecule has 98 valence electrons. The molecule has 0 saturated carbocycles. The van der Waals surface area contributed by atoms with Crippen molar-refractivity contribution in [1.82, 2.24) is 4.90 Å². The first kappa shape index (κ1) is 12.7. The molecule has 3 N–H and O–H groups in total. The second-order valence-electron chi connectivity index (χ2n) is 5.12. The SMILES string of the molecule is CC(C)C1(O)CN(C(=O)c2ccc(O)c(O)c2)C1. The fourth-order valence-electron chi connectivity index (χ4n) is 1.96. The molecule has 0 aliphatic carbocycles. The monoisotopic (exact) mass is 251 g/mol. The molecule has 1 aliphatic rings. The van der Waals surface area contributed by atoms with Gasteiger partial charge in [0, 0.05) is 5.56 Å². The summed E-state index contributed by atoms with van der Waals surface area (Å²) in [5.41, 5.74) is -0.509. The predicted octanol–water partition coefficient (Wildman–Crippen LogP) is 0.941. The van der Waals surface area contributed by atoms with Crippen LogP contribution in [0.5, 0.6) is 11.5 Å². The Hall–Kier alpha value is -1.75. The molecule has 1 saturated heterocycles. The molecule has 18 heavy (non-hydrogen) atoms. The molecule has 2 rings (SSSR count). The van der Waals surface area contributed by atoms with Crippen LogP contribution in [-0.2, 0) is 0 Å².